The van der Waals surface area contributed by atoms with Crippen LogP contribution in [-0.2, 0) is 6.42 Å². The number of nitrogens with one attached hydrogen (secondary N) is 1. The first kappa shape index (κ1) is 18.0. The Balaban J connectivity index is 1.45. The summed E-state index contributed by atoms with van der Waals surface area (Å²) >= 11 is 0. The largest absolute Gasteiger partial charge is 0.342 e. The minimum absolute atomic E-state index is 0.0342. The topological polar surface area (TPSA) is 66.8 Å². The van der Waals surface area contributed by atoms with Gasteiger partial charge in [-0.2, -0.15) is 0 Å². The van der Waals surface area contributed by atoms with E-state index in [4.69, 9.17) is 0 Å². The number of hydrogen-bond acceptors (Lipinski definition) is 3. The van der Waals surface area contributed by atoms with Crippen molar-refractivity contribution in [2.24, 2.45) is 0 Å². The Hall–Kier alpha value is -3.41. The number of imidazole rings is 2. The highest BCUT2D eigenvalue weighted by Crippen LogP contribution is 2.16. The van der Waals surface area contributed by atoms with Crippen molar-refractivity contribution in [1.29, 1.82) is 0 Å². The van der Waals surface area contributed by atoms with Crippen molar-refractivity contribution in [1.82, 2.24) is 24.4 Å². The second kappa shape index (κ2) is 7.68. The van der Waals surface area contributed by atoms with Gasteiger partial charge in [0.15, 0.2) is 0 Å². The van der Waals surface area contributed by atoms with Gasteiger partial charge in [0.2, 0.25) is 0 Å². The molecule has 0 radical (unpaired) electrons. The molecular formula is C22H23N5O. The minimum Gasteiger partial charge on any atom is -0.342 e. The Morgan fingerprint density at radius 1 is 1.18 bits per heavy atom. The number of hydrogen-bond donors (Lipinski definition) is 1. The molecule has 4 aromatic rings. The molecule has 6 nitrogen and oxygen atoms in total. The predicted molar refractivity (Wildman–Crippen MR) is 110 cm³/mol. The molecule has 6 heteroatoms. The molecule has 1 N–H and O–H groups in total. The molecule has 1 amide bonds. The van der Waals surface area contributed by atoms with Gasteiger partial charge in [-0.25, -0.2) is 9.97 Å². The van der Waals surface area contributed by atoms with Crippen molar-refractivity contribution < 1.29 is 4.79 Å². The van der Waals surface area contributed by atoms with Crippen LogP contribution in [0.5, 0.6) is 0 Å². The third kappa shape index (κ3) is 3.53. The zero-order valence-corrected chi connectivity index (χ0v) is 16.1. The van der Waals surface area contributed by atoms with Gasteiger partial charge in [-0.15, -0.1) is 0 Å². The van der Waals surface area contributed by atoms with Gasteiger partial charge in [-0.05, 0) is 49.7 Å². The van der Waals surface area contributed by atoms with Crippen LogP contribution >= 0.6 is 0 Å². The minimum atomic E-state index is 0.0342. The molecule has 0 bridgehead atoms. The second-order valence-electron chi connectivity index (χ2n) is 6.81. The SMILES string of the molecule is CCN(CCc1nc2c(C)cccc2[nH]1)C(=O)c1ccc(-n2ccnc2)cc1. The number of para-hydroxylation sites is 1. The molecule has 0 saturated heterocycles. The maximum absolute atomic E-state index is 12.9. The molecule has 28 heavy (non-hydrogen) atoms. The predicted octanol–water partition coefficient (Wildman–Crippen LogP) is 3.76. The number of nitrogens with zero attached hydrogens (tertiary/aromatic N) is 4. The Morgan fingerprint density at radius 2 is 2.00 bits per heavy atom. The highest BCUT2D eigenvalue weighted by Gasteiger charge is 2.15. The number of fused-ring (bicyclic) bond motifs is 1. The molecule has 0 atom stereocenters. The number of aromatic nitrogens is 4. The fourth-order valence-electron chi connectivity index (χ4n) is 3.36. The molecule has 142 valence electrons. The van der Waals surface area contributed by atoms with E-state index in [2.05, 4.69) is 27.9 Å². The number of benzene rings is 2. The second-order valence-corrected chi connectivity index (χ2v) is 6.81. The molecule has 2 aromatic carbocycles. The monoisotopic (exact) mass is 373 g/mol. The molecule has 0 spiro atoms. The van der Waals surface area contributed by atoms with E-state index in [1.807, 2.05) is 59.0 Å². The van der Waals surface area contributed by atoms with Crippen LogP contribution in [0.2, 0.25) is 0 Å². The van der Waals surface area contributed by atoms with Crippen molar-refractivity contribution in [3.8, 4) is 5.69 Å². The standard InChI is InChI=1S/C22H23N5O/c1-3-26(13-11-20-24-19-6-4-5-16(2)21(19)25-20)22(28)17-7-9-18(10-8-17)27-14-12-23-15-27/h4-10,12,14-15H,3,11,13H2,1-2H3,(H,24,25). The van der Waals surface area contributed by atoms with Crippen LogP contribution in [0.1, 0.15) is 28.7 Å². The van der Waals surface area contributed by atoms with E-state index in [1.54, 1.807) is 12.5 Å². The summed E-state index contributed by atoms with van der Waals surface area (Å²) in [4.78, 5) is 26.8. The molecular weight excluding hydrogens is 350 g/mol. The van der Waals surface area contributed by atoms with Crippen LogP contribution in [-0.4, -0.2) is 43.4 Å². The lowest BCUT2D eigenvalue weighted by molar-refractivity contribution is 0.0765. The van der Waals surface area contributed by atoms with Crippen molar-refractivity contribution in [3.63, 3.8) is 0 Å². The lowest BCUT2D eigenvalue weighted by Crippen LogP contribution is -2.32. The number of carbonyl (C=O) groups excluding carboxylic acids is 1. The normalized spacial score (nSPS) is 11.1. The van der Waals surface area contributed by atoms with Gasteiger partial charge in [0.05, 0.1) is 17.4 Å². The number of aromatic amines is 1. The molecule has 4 rings (SSSR count). The number of amides is 1. The van der Waals surface area contributed by atoms with Gasteiger partial charge in [-0.3, -0.25) is 4.79 Å². The summed E-state index contributed by atoms with van der Waals surface area (Å²) in [7, 11) is 0. The van der Waals surface area contributed by atoms with E-state index < -0.39 is 0 Å². The van der Waals surface area contributed by atoms with Crippen molar-refractivity contribution in [2.75, 3.05) is 13.1 Å². The number of carbonyl (C=O) groups is 1. The van der Waals surface area contributed by atoms with Gasteiger partial charge >= 0.3 is 0 Å². The van der Waals surface area contributed by atoms with E-state index in [9.17, 15) is 4.79 Å². The van der Waals surface area contributed by atoms with Gasteiger partial charge in [0, 0.05) is 43.2 Å². The highest BCUT2D eigenvalue weighted by atomic mass is 16.2. The van der Waals surface area contributed by atoms with Gasteiger partial charge in [0.25, 0.3) is 5.91 Å². The Labute approximate surface area is 163 Å². The van der Waals surface area contributed by atoms with Crippen molar-refractivity contribution in [2.45, 2.75) is 20.3 Å². The number of rotatable bonds is 6. The molecule has 2 heterocycles. The number of aryl methyl sites for hydroxylation is 1. The van der Waals surface area contributed by atoms with Gasteiger partial charge < -0.3 is 14.5 Å². The molecule has 0 saturated carbocycles. The first-order chi connectivity index (χ1) is 13.7. The lowest BCUT2D eigenvalue weighted by atomic mass is 10.1. The number of likely N-dealkylation sites (N-methyl/N-ethyl adjacent to an activating group) is 1. The summed E-state index contributed by atoms with van der Waals surface area (Å²) < 4.78 is 1.91. The smallest absolute Gasteiger partial charge is 0.253 e. The van der Waals surface area contributed by atoms with Crippen LogP contribution in [0.4, 0.5) is 0 Å². The Morgan fingerprint density at radius 3 is 2.68 bits per heavy atom. The van der Waals surface area contributed by atoms with Gasteiger partial charge in [0.1, 0.15) is 5.82 Å². The lowest BCUT2D eigenvalue weighted by Gasteiger charge is -2.20. The number of H-pyrrole nitrogens is 1. The maximum Gasteiger partial charge on any atom is 0.253 e. The summed E-state index contributed by atoms with van der Waals surface area (Å²) in [6.07, 6.45) is 6.05. The first-order valence-electron chi connectivity index (χ1n) is 9.47. The van der Waals surface area contributed by atoms with Crippen molar-refractivity contribution in [3.05, 3.63) is 78.1 Å². The summed E-state index contributed by atoms with van der Waals surface area (Å²) in [5.41, 5.74) is 4.86. The fraction of sp³-hybridized carbons (Fsp3) is 0.227. The van der Waals surface area contributed by atoms with E-state index in [0.29, 0.717) is 25.1 Å². The third-order valence-corrected chi connectivity index (χ3v) is 4.97. The molecule has 0 fully saturated rings. The molecule has 0 aliphatic rings. The molecule has 0 aliphatic carbocycles. The van der Waals surface area contributed by atoms with Crippen LogP contribution in [0.3, 0.4) is 0 Å². The first-order valence-corrected chi connectivity index (χ1v) is 9.47. The van der Waals surface area contributed by atoms with Crippen LogP contribution in [0, 0.1) is 6.92 Å². The molecule has 0 aliphatic heterocycles. The average Bonchev–Trinajstić information content (AvgIpc) is 3.39. The fourth-order valence-corrected chi connectivity index (χ4v) is 3.36. The van der Waals surface area contributed by atoms with Crippen molar-refractivity contribution >= 4 is 16.9 Å². The maximum atomic E-state index is 12.9. The Kier molecular flexibility index (Phi) is 4.93. The van der Waals surface area contributed by atoms with E-state index in [-0.39, 0.29) is 5.91 Å². The van der Waals surface area contributed by atoms with Crippen LogP contribution in [0.25, 0.3) is 16.7 Å². The highest BCUT2D eigenvalue weighted by molar-refractivity contribution is 5.94. The summed E-state index contributed by atoms with van der Waals surface area (Å²) in [6, 6.07) is 13.7. The summed E-state index contributed by atoms with van der Waals surface area (Å²) in [5, 5.41) is 0. The van der Waals surface area contributed by atoms with E-state index in [1.165, 1.54) is 0 Å². The van der Waals surface area contributed by atoms with E-state index in [0.717, 1.165) is 28.1 Å². The van der Waals surface area contributed by atoms with Gasteiger partial charge in [-0.1, -0.05) is 12.1 Å². The zero-order valence-electron chi connectivity index (χ0n) is 16.1. The molecule has 2 aromatic heterocycles. The molecule has 0 unspecified atom stereocenters. The average molecular weight is 373 g/mol. The summed E-state index contributed by atoms with van der Waals surface area (Å²) in [6.45, 7) is 5.33. The van der Waals surface area contributed by atoms with E-state index >= 15 is 0 Å². The quantitative estimate of drug-likeness (QED) is 0.560. The van der Waals surface area contributed by atoms with Crippen LogP contribution < -0.4 is 0 Å². The summed E-state index contributed by atoms with van der Waals surface area (Å²) in [5.74, 6) is 0.943. The Bertz CT molecular complexity index is 1080. The third-order valence-electron chi connectivity index (χ3n) is 4.97. The van der Waals surface area contributed by atoms with Crippen LogP contribution in [0.15, 0.2) is 61.2 Å². The zero-order chi connectivity index (χ0) is 19.5.